The van der Waals surface area contributed by atoms with Gasteiger partial charge in [-0.15, -0.1) is 0 Å². The molecule has 0 saturated carbocycles. The highest BCUT2D eigenvalue weighted by molar-refractivity contribution is 7.89. The molecule has 0 spiro atoms. The highest BCUT2D eigenvalue weighted by Gasteiger charge is 2.29. The van der Waals surface area contributed by atoms with Crippen molar-refractivity contribution in [1.82, 2.24) is 4.72 Å². The van der Waals surface area contributed by atoms with Gasteiger partial charge in [0.15, 0.2) is 0 Å². The van der Waals surface area contributed by atoms with Crippen LogP contribution in [0, 0.1) is 12.8 Å². The summed E-state index contributed by atoms with van der Waals surface area (Å²) in [5.41, 5.74) is 2.79. The molecule has 0 aliphatic carbocycles. The summed E-state index contributed by atoms with van der Waals surface area (Å²) in [5, 5.41) is 5.57. The normalized spacial score (nSPS) is 14.8. The molecule has 1 aliphatic heterocycles. The molecule has 3 N–H and O–H groups in total. The van der Waals surface area contributed by atoms with Crippen LogP contribution in [0.4, 0.5) is 11.4 Å². The number of hydrogen-bond acceptors (Lipinski definition) is 5. The van der Waals surface area contributed by atoms with Crippen molar-refractivity contribution in [2.45, 2.75) is 51.0 Å². The molecule has 0 fully saturated rings. The average molecular weight is 460 g/mol. The number of methoxy groups -OCH3 is 1. The van der Waals surface area contributed by atoms with Gasteiger partial charge in [-0.2, -0.15) is 4.72 Å². The Morgan fingerprint density at radius 3 is 2.56 bits per heavy atom. The molecule has 0 bridgehead atoms. The number of aryl methyl sites for hydroxylation is 2. The molecule has 32 heavy (non-hydrogen) atoms. The predicted molar refractivity (Wildman–Crippen MR) is 123 cm³/mol. The topological polar surface area (TPSA) is 114 Å². The lowest BCUT2D eigenvalue weighted by Crippen LogP contribution is -2.47. The summed E-state index contributed by atoms with van der Waals surface area (Å²) in [4.78, 5) is 24.8. The van der Waals surface area contributed by atoms with Crippen LogP contribution >= 0.6 is 0 Å². The smallest absolute Gasteiger partial charge is 0.242 e. The van der Waals surface area contributed by atoms with Gasteiger partial charge in [0.2, 0.25) is 21.8 Å². The summed E-state index contributed by atoms with van der Waals surface area (Å²) >= 11 is 0. The summed E-state index contributed by atoms with van der Waals surface area (Å²) in [7, 11) is -2.48. The standard InChI is InChI=1S/C23H29N3O5S/c1-14(2)22(23(28)25-19-12-15(3)8-11-20(19)31-4)26-32(29,30)17-9-10-18-16(13-17)6-5-7-21(27)24-18/h8-14,22,26H,5-7H2,1-4H3,(H,24,27)(H,25,28)/t22-/m1/s1. The van der Waals surface area contributed by atoms with Gasteiger partial charge in [0.25, 0.3) is 0 Å². The molecular formula is C23H29N3O5S. The third-order valence-electron chi connectivity index (χ3n) is 5.36. The van der Waals surface area contributed by atoms with Gasteiger partial charge in [0.05, 0.1) is 17.7 Å². The van der Waals surface area contributed by atoms with Gasteiger partial charge in [-0.1, -0.05) is 19.9 Å². The van der Waals surface area contributed by atoms with Gasteiger partial charge < -0.3 is 15.4 Å². The van der Waals surface area contributed by atoms with E-state index in [1.807, 2.05) is 13.0 Å². The van der Waals surface area contributed by atoms with E-state index in [1.54, 1.807) is 38.1 Å². The van der Waals surface area contributed by atoms with Crippen molar-refractivity contribution in [3.8, 4) is 5.75 Å². The molecule has 0 radical (unpaired) electrons. The van der Waals surface area contributed by atoms with E-state index in [2.05, 4.69) is 15.4 Å². The Balaban J connectivity index is 1.84. The number of nitrogens with one attached hydrogen (secondary N) is 3. The minimum atomic E-state index is -3.98. The van der Waals surface area contributed by atoms with Crippen LogP contribution in [0.3, 0.4) is 0 Å². The first-order valence-electron chi connectivity index (χ1n) is 10.5. The third-order valence-corrected chi connectivity index (χ3v) is 6.79. The van der Waals surface area contributed by atoms with Gasteiger partial charge in [0, 0.05) is 12.1 Å². The lowest BCUT2D eigenvalue weighted by atomic mass is 10.0. The SMILES string of the molecule is COc1ccc(C)cc1NC(=O)[C@H](NS(=O)(=O)c1ccc2c(c1)CCCC(=O)N2)C(C)C. The number of rotatable bonds is 7. The summed E-state index contributed by atoms with van der Waals surface area (Å²) in [6.07, 6.45) is 1.64. The second-order valence-electron chi connectivity index (χ2n) is 8.26. The maximum absolute atomic E-state index is 13.1. The zero-order chi connectivity index (χ0) is 23.5. The fourth-order valence-corrected chi connectivity index (χ4v) is 4.97. The number of carbonyl (C=O) groups is 2. The largest absolute Gasteiger partial charge is 0.495 e. The Kier molecular flexibility index (Phi) is 7.20. The molecule has 2 aromatic rings. The Labute approximate surface area is 188 Å². The van der Waals surface area contributed by atoms with Gasteiger partial charge >= 0.3 is 0 Å². The van der Waals surface area contributed by atoms with Crippen molar-refractivity contribution in [3.63, 3.8) is 0 Å². The molecular weight excluding hydrogens is 430 g/mol. The van der Waals surface area contributed by atoms with Gasteiger partial charge in [-0.3, -0.25) is 9.59 Å². The molecule has 0 aromatic heterocycles. The molecule has 0 saturated heterocycles. The first kappa shape index (κ1) is 23.7. The number of hydrogen-bond donors (Lipinski definition) is 3. The predicted octanol–water partition coefficient (Wildman–Crippen LogP) is 3.22. The van der Waals surface area contributed by atoms with Crippen LogP contribution in [-0.4, -0.2) is 33.4 Å². The van der Waals surface area contributed by atoms with Gasteiger partial charge in [0.1, 0.15) is 11.8 Å². The van der Waals surface area contributed by atoms with Crippen LogP contribution < -0.4 is 20.1 Å². The Morgan fingerprint density at radius 1 is 1.12 bits per heavy atom. The van der Waals surface area contributed by atoms with E-state index in [9.17, 15) is 18.0 Å². The number of benzene rings is 2. The maximum Gasteiger partial charge on any atom is 0.242 e. The third kappa shape index (κ3) is 5.46. The number of amides is 2. The van der Waals surface area contributed by atoms with Crippen LogP contribution in [-0.2, 0) is 26.0 Å². The van der Waals surface area contributed by atoms with Gasteiger partial charge in [-0.05, 0) is 67.1 Å². The van der Waals surface area contributed by atoms with Crippen LogP contribution in [0.15, 0.2) is 41.3 Å². The zero-order valence-corrected chi connectivity index (χ0v) is 19.5. The van der Waals surface area contributed by atoms with Gasteiger partial charge in [-0.25, -0.2) is 8.42 Å². The van der Waals surface area contributed by atoms with E-state index < -0.39 is 22.0 Å². The maximum atomic E-state index is 13.1. The lowest BCUT2D eigenvalue weighted by molar-refractivity contribution is -0.118. The van der Waals surface area contributed by atoms with Crippen molar-refractivity contribution < 1.29 is 22.7 Å². The van der Waals surface area contributed by atoms with E-state index in [0.717, 1.165) is 11.1 Å². The lowest BCUT2D eigenvalue weighted by Gasteiger charge is -2.22. The minimum Gasteiger partial charge on any atom is -0.495 e. The summed E-state index contributed by atoms with van der Waals surface area (Å²) in [6.45, 7) is 5.43. The highest BCUT2D eigenvalue weighted by Crippen LogP contribution is 2.27. The molecule has 1 aliphatic rings. The van der Waals surface area contributed by atoms with Crippen molar-refractivity contribution >= 4 is 33.2 Å². The second kappa shape index (κ2) is 9.70. The Hall–Kier alpha value is -2.91. The molecule has 1 heterocycles. The fraction of sp³-hybridized carbons (Fsp3) is 0.391. The number of ether oxygens (including phenoxy) is 1. The molecule has 3 rings (SSSR count). The highest BCUT2D eigenvalue weighted by atomic mass is 32.2. The first-order chi connectivity index (χ1) is 15.1. The average Bonchev–Trinajstić information content (AvgIpc) is 2.91. The molecule has 0 unspecified atom stereocenters. The molecule has 1 atom stereocenters. The Bertz CT molecular complexity index is 1130. The molecule has 172 valence electrons. The molecule has 8 nitrogen and oxygen atoms in total. The molecule has 9 heteroatoms. The van der Waals surface area contributed by atoms with Crippen molar-refractivity contribution in [1.29, 1.82) is 0 Å². The number of carbonyl (C=O) groups excluding carboxylic acids is 2. The zero-order valence-electron chi connectivity index (χ0n) is 18.7. The second-order valence-corrected chi connectivity index (χ2v) is 9.97. The summed E-state index contributed by atoms with van der Waals surface area (Å²) in [6, 6.07) is 8.96. The van der Waals surface area contributed by atoms with E-state index in [1.165, 1.54) is 13.2 Å². The molecule has 2 amide bonds. The Morgan fingerprint density at radius 2 is 1.88 bits per heavy atom. The van der Waals surface area contributed by atoms with E-state index in [0.29, 0.717) is 36.4 Å². The number of anilines is 2. The van der Waals surface area contributed by atoms with E-state index in [4.69, 9.17) is 4.74 Å². The van der Waals surface area contributed by atoms with E-state index in [-0.39, 0.29) is 16.7 Å². The summed E-state index contributed by atoms with van der Waals surface area (Å²) < 4.78 is 34.1. The number of fused-ring (bicyclic) bond motifs is 1. The van der Waals surface area contributed by atoms with Crippen LogP contribution in [0.1, 0.15) is 37.8 Å². The molecule has 2 aromatic carbocycles. The van der Waals surface area contributed by atoms with Crippen LogP contribution in [0.25, 0.3) is 0 Å². The quantitative estimate of drug-likeness (QED) is 0.588. The van der Waals surface area contributed by atoms with Crippen molar-refractivity contribution in [2.24, 2.45) is 5.92 Å². The fourth-order valence-electron chi connectivity index (χ4n) is 3.58. The van der Waals surface area contributed by atoms with Crippen LogP contribution in [0.5, 0.6) is 5.75 Å². The monoisotopic (exact) mass is 459 g/mol. The number of sulfonamides is 1. The minimum absolute atomic E-state index is 0.0546. The summed E-state index contributed by atoms with van der Waals surface area (Å²) in [5.74, 6) is -0.377. The first-order valence-corrected chi connectivity index (χ1v) is 12.0. The van der Waals surface area contributed by atoms with Crippen molar-refractivity contribution in [3.05, 3.63) is 47.5 Å². The van der Waals surface area contributed by atoms with E-state index >= 15 is 0 Å². The van der Waals surface area contributed by atoms with Crippen LogP contribution in [0.2, 0.25) is 0 Å². The van der Waals surface area contributed by atoms with Crippen molar-refractivity contribution in [2.75, 3.05) is 17.7 Å².